The van der Waals surface area contributed by atoms with Gasteiger partial charge in [0.1, 0.15) is 18.4 Å². The number of nitrogens with zero attached hydrogens (tertiary/aromatic N) is 5. The van der Waals surface area contributed by atoms with Crippen molar-refractivity contribution in [2.75, 3.05) is 6.61 Å². The number of aliphatic imine (C=N–C) groups is 1. The van der Waals surface area contributed by atoms with E-state index in [1.807, 2.05) is 133 Å². The Kier molecular flexibility index (Phi) is 14.4. The van der Waals surface area contributed by atoms with Gasteiger partial charge in [0.05, 0.1) is 22.8 Å². The molecule has 0 saturated carbocycles. The molecule has 15 heteroatoms. The molecular weight excluding hydrogens is 792 g/mol. The van der Waals surface area contributed by atoms with Crippen molar-refractivity contribution < 1.29 is 54.5 Å². The van der Waals surface area contributed by atoms with Gasteiger partial charge in [0.25, 0.3) is 0 Å². The van der Waals surface area contributed by atoms with E-state index in [-0.39, 0.29) is 31.3 Å². The van der Waals surface area contributed by atoms with E-state index in [1.54, 1.807) is 30.9 Å². The number of hydrogen-bond acceptors (Lipinski definition) is 7. The molecule has 1 radical (unpaired) electrons. The van der Waals surface area contributed by atoms with Crippen molar-refractivity contribution >= 4 is 19.5 Å². The van der Waals surface area contributed by atoms with Crippen LogP contribution in [0.25, 0.3) is 28.5 Å². The van der Waals surface area contributed by atoms with E-state index >= 15 is 0 Å². The molecule has 0 fully saturated rings. The smallest absolute Gasteiger partial charge is 0.507 e. The summed E-state index contributed by atoms with van der Waals surface area (Å²) in [5, 5.41) is 10.0. The van der Waals surface area contributed by atoms with E-state index in [1.165, 1.54) is 0 Å². The molecule has 0 unspecified atom stereocenters. The Labute approximate surface area is 308 Å². The fourth-order valence-electron chi connectivity index (χ4n) is 4.18. The predicted molar refractivity (Wildman–Crippen MR) is 188 cm³/mol. The van der Waals surface area contributed by atoms with Gasteiger partial charge in [-0.3, -0.25) is 19.9 Å². The molecule has 2 aromatic carbocycles. The number of hydrogen-bond donors (Lipinski definition) is 1. The molecule has 0 spiro atoms. The quantitative estimate of drug-likeness (QED) is 0.0805. The second-order valence-electron chi connectivity index (χ2n) is 10.4. The van der Waals surface area contributed by atoms with Crippen molar-refractivity contribution in [1.82, 2.24) is 19.9 Å². The van der Waals surface area contributed by atoms with E-state index in [0.717, 1.165) is 33.9 Å². The van der Waals surface area contributed by atoms with E-state index in [2.05, 4.69) is 24.9 Å². The molecule has 0 bridgehead atoms. The van der Waals surface area contributed by atoms with Gasteiger partial charge < -0.3 is 9.84 Å². The van der Waals surface area contributed by atoms with Crippen molar-refractivity contribution in [3.63, 3.8) is 0 Å². The summed E-state index contributed by atoms with van der Waals surface area (Å²) in [6.45, 7) is 0.512. The summed E-state index contributed by atoms with van der Waals surface area (Å²) in [5.74, 6) is 0.637. The molecule has 1 aliphatic rings. The number of aromatic nitrogens is 4. The van der Waals surface area contributed by atoms with E-state index in [9.17, 15) is 30.3 Å². The molecule has 0 aliphatic carbocycles. The van der Waals surface area contributed by atoms with Crippen LogP contribution in [0.5, 0.6) is 0 Å². The maximum Gasteiger partial charge on any atom is 1.00 e. The summed E-state index contributed by atoms with van der Waals surface area (Å²) in [7, 11) is -10.7. The zero-order chi connectivity index (χ0) is 36.6. The first-order valence-electron chi connectivity index (χ1n) is 15.1. The molecule has 1 N–H and O–H groups in total. The average molecular weight is 824 g/mol. The Morgan fingerprint density at radius 2 is 0.904 bits per heavy atom. The third-order valence-corrected chi connectivity index (χ3v) is 6.37. The Hall–Kier alpha value is -5.32. The van der Waals surface area contributed by atoms with Crippen molar-refractivity contribution in [3.8, 4) is 22.8 Å². The molecule has 52 heavy (non-hydrogen) atoms. The van der Waals surface area contributed by atoms with Crippen LogP contribution in [-0.2, 0) is 24.2 Å². The molecule has 6 aromatic rings. The summed E-state index contributed by atoms with van der Waals surface area (Å²) in [5.41, 5.74) is 5.53. The average Bonchev–Trinajstić information content (AvgIpc) is 3.62. The fraction of sp³-hybridized carbons (Fsp3) is 0.0541. The van der Waals surface area contributed by atoms with Crippen LogP contribution in [0.2, 0.25) is 0 Å². The maximum absolute atomic E-state index is 10.7. The number of halogens is 6. The summed E-state index contributed by atoms with van der Waals surface area (Å²) in [6.07, 6.45) is 8.64. The van der Waals surface area contributed by atoms with Crippen LogP contribution in [-0.4, -0.2) is 37.5 Å². The van der Waals surface area contributed by atoms with Gasteiger partial charge in [-0.2, -0.15) is 0 Å². The minimum Gasteiger partial charge on any atom is -0.507 e. The molecule has 1 aliphatic heterocycles. The van der Waals surface area contributed by atoms with Gasteiger partial charge in [0.2, 0.25) is 5.90 Å². The van der Waals surface area contributed by atoms with Crippen molar-refractivity contribution in [2.24, 2.45) is 4.99 Å². The summed E-state index contributed by atoms with van der Waals surface area (Å²) in [4.78, 5) is 21.2. The molecule has 0 amide bonds. The molecule has 4 aromatic heterocycles. The summed E-state index contributed by atoms with van der Waals surface area (Å²) >= 11 is 0. The number of rotatable bonds is 5. The molecule has 5 heterocycles. The number of aliphatic hydroxyl groups is 1. The topological polar surface area (TPSA) is 93.4 Å². The van der Waals surface area contributed by atoms with E-state index in [0.29, 0.717) is 12.5 Å². The van der Waals surface area contributed by atoms with Gasteiger partial charge in [-0.1, -0.05) is 84.9 Å². The number of aliphatic hydroxyl groups excluding tert-OH is 1. The van der Waals surface area contributed by atoms with Crippen molar-refractivity contribution in [2.45, 2.75) is 6.04 Å². The van der Waals surface area contributed by atoms with Crippen LogP contribution in [0, 0.1) is 0 Å². The molecule has 7 rings (SSSR count). The second-order valence-corrected chi connectivity index (χ2v) is 12.3. The first-order chi connectivity index (χ1) is 24.2. The number of ether oxygens (including phenoxy) is 1. The fourth-order valence-corrected chi connectivity index (χ4v) is 4.18. The molecular formula is C37H31F6N5O2PRu. The first kappa shape index (κ1) is 41.1. The van der Waals surface area contributed by atoms with Gasteiger partial charge in [-0.25, -0.2) is 4.99 Å². The van der Waals surface area contributed by atoms with Crippen LogP contribution in [0.1, 0.15) is 17.2 Å². The van der Waals surface area contributed by atoms with Gasteiger partial charge in [0, 0.05) is 36.4 Å². The molecule has 7 nitrogen and oxygen atoms in total. The molecule has 271 valence electrons. The Balaban J connectivity index is 0.000000199. The van der Waals surface area contributed by atoms with Crippen LogP contribution in [0.4, 0.5) is 25.2 Å². The van der Waals surface area contributed by atoms with Crippen LogP contribution in [0.3, 0.4) is 0 Å². The van der Waals surface area contributed by atoms with E-state index < -0.39 is 7.81 Å². The van der Waals surface area contributed by atoms with Crippen molar-refractivity contribution in [3.05, 3.63) is 175 Å². The van der Waals surface area contributed by atoms with Gasteiger partial charge in [-0.05, 0) is 54.1 Å². The normalized spacial score (nSPS) is 14.7. The SMILES string of the molecule is F[P-](F)(F)(F)(F)F.O/C(=C\C1=N[C@@H](c2ccccc2)CO1)c1ccccc1.[Ru+].c1ccc(-c2ccccn2)nc1.c1ccc(-c2ccccn2)nc1. The predicted octanol–water partition coefficient (Wildman–Crippen LogP) is 11.4. The number of pyridine rings is 4. The minimum absolute atomic E-state index is 0. The third kappa shape index (κ3) is 16.6. The summed E-state index contributed by atoms with van der Waals surface area (Å²) < 4.78 is 64.7. The van der Waals surface area contributed by atoms with E-state index in [4.69, 9.17) is 4.74 Å². The Bertz CT molecular complexity index is 1820. The van der Waals surface area contributed by atoms with Crippen molar-refractivity contribution in [1.29, 1.82) is 0 Å². The summed E-state index contributed by atoms with van der Waals surface area (Å²) in [6, 6.07) is 42.6. The minimum atomic E-state index is -10.7. The molecule has 0 saturated heterocycles. The van der Waals surface area contributed by atoms with Crippen LogP contribution >= 0.6 is 7.81 Å². The Morgan fingerprint density at radius 1 is 0.558 bits per heavy atom. The zero-order valence-corrected chi connectivity index (χ0v) is 29.7. The Morgan fingerprint density at radius 3 is 1.25 bits per heavy atom. The van der Waals surface area contributed by atoms with Crippen LogP contribution in [0.15, 0.2) is 169 Å². The molecule has 1 atom stereocenters. The number of benzene rings is 2. The van der Waals surface area contributed by atoms with Gasteiger partial charge >= 0.3 is 52.5 Å². The standard InChI is InChI=1S/C17H15NO2.2C10H8N2.F6P.Ru/c19-16(14-9-5-2-6-10-14)11-17-18-15(12-20-17)13-7-3-1-4-8-13;2*1-3-7-11-9(5-1)10-6-2-4-8-12-10;1-7(2,3,4,5)6;/h1-11,15,19H,12H2;2*1-8H;;/q;;;-1;+1/b16-11-;;;;/t15-;;;;/m1..../s1. The first-order valence-corrected chi connectivity index (χ1v) is 17.2. The zero-order valence-electron chi connectivity index (χ0n) is 27.0. The largest absolute Gasteiger partial charge is 1.00 e. The van der Waals surface area contributed by atoms with Crippen LogP contribution < -0.4 is 0 Å². The third-order valence-electron chi connectivity index (χ3n) is 6.37. The van der Waals surface area contributed by atoms with Gasteiger partial charge in [0.15, 0.2) is 0 Å². The van der Waals surface area contributed by atoms with Gasteiger partial charge in [-0.15, -0.1) is 0 Å². The second kappa shape index (κ2) is 18.3. The monoisotopic (exact) mass is 824 g/mol. The maximum atomic E-state index is 10.0.